The summed E-state index contributed by atoms with van der Waals surface area (Å²) in [4.78, 5) is 0. The minimum atomic E-state index is -4.28. The van der Waals surface area contributed by atoms with E-state index in [1.54, 1.807) is 0 Å². The third-order valence-corrected chi connectivity index (χ3v) is 2.79. The molecule has 18 heavy (non-hydrogen) atoms. The van der Waals surface area contributed by atoms with Gasteiger partial charge in [-0.3, -0.25) is 0 Å². The zero-order valence-electron chi connectivity index (χ0n) is 10.7. The molecule has 1 atom stereocenters. The highest BCUT2D eigenvalue weighted by Crippen LogP contribution is 2.29. The van der Waals surface area contributed by atoms with E-state index in [-0.39, 0.29) is 6.10 Å². The number of hydrogen-bond acceptors (Lipinski definition) is 1. The van der Waals surface area contributed by atoms with Crippen molar-refractivity contribution >= 4 is 0 Å². The van der Waals surface area contributed by atoms with Crippen LogP contribution in [0.5, 0.6) is 0 Å². The second kappa shape index (κ2) is 6.23. The molecule has 1 aromatic rings. The van der Waals surface area contributed by atoms with Crippen LogP contribution in [-0.2, 0) is 12.6 Å². The molecule has 0 aliphatic heterocycles. The Morgan fingerprint density at radius 3 is 2.11 bits per heavy atom. The van der Waals surface area contributed by atoms with Gasteiger partial charge in [0.1, 0.15) is 0 Å². The molecule has 0 aromatic heterocycles. The molecule has 0 heterocycles. The van der Waals surface area contributed by atoms with Crippen molar-refractivity contribution in [3.8, 4) is 0 Å². The third kappa shape index (κ3) is 5.08. The summed E-state index contributed by atoms with van der Waals surface area (Å²) < 4.78 is 37.0. The average Bonchev–Trinajstić information content (AvgIpc) is 2.25. The van der Waals surface area contributed by atoms with Crippen molar-refractivity contribution in [2.45, 2.75) is 45.4 Å². The van der Waals surface area contributed by atoms with Gasteiger partial charge in [0.15, 0.2) is 0 Å². The van der Waals surface area contributed by atoms with Crippen molar-refractivity contribution in [3.05, 3.63) is 35.4 Å². The van der Waals surface area contributed by atoms with Gasteiger partial charge in [-0.1, -0.05) is 26.0 Å². The molecule has 102 valence electrons. The Balaban J connectivity index is 2.49. The number of alkyl halides is 3. The Morgan fingerprint density at radius 1 is 1.11 bits per heavy atom. The first-order valence-corrected chi connectivity index (χ1v) is 6.13. The maximum atomic E-state index is 12.3. The SMILES string of the molecule is CC(C)CC(O)CCc1ccc(C(F)(F)F)cc1. The molecule has 1 rings (SSSR count). The van der Waals surface area contributed by atoms with E-state index in [4.69, 9.17) is 0 Å². The van der Waals surface area contributed by atoms with E-state index in [2.05, 4.69) is 0 Å². The van der Waals surface area contributed by atoms with Crippen LogP contribution in [0, 0.1) is 5.92 Å². The normalized spacial score (nSPS) is 13.9. The maximum Gasteiger partial charge on any atom is 0.416 e. The molecule has 0 saturated heterocycles. The molecule has 1 unspecified atom stereocenters. The van der Waals surface area contributed by atoms with Crippen LogP contribution in [0.25, 0.3) is 0 Å². The van der Waals surface area contributed by atoms with Crippen LogP contribution in [0.4, 0.5) is 13.2 Å². The predicted molar refractivity (Wildman–Crippen MR) is 65.2 cm³/mol. The van der Waals surface area contributed by atoms with Gasteiger partial charge in [-0.2, -0.15) is 13.2 Å². The molecule has 0 amide bonds. The summed E-state index contributed by atoms with van der Waals surface area (Å²) in [6.07, 6.45) is -2.75. The van der Waals surface area contributed by atoms with Crippen LogP contribution in [0.15, 0.2) is 24.3 Å². The molecule has 0 fully saturated rings. The van der Waals surface area contributed by atoms with E-state index in [1.807, 2.05) is 13.8 Å². The number of benzene rings is 1. The van der Waals surface area contributed by atoms with Gasteiger partial charge in [-0.05, 0) is 42.9 Å². The van der Waals surface area contributed by atoms with E-state index < -0.39 is 11.7 Å². The number of hydrogen-bond donors (Lipinski definition) is 1. The molecule has 0 spiro atoms. The Hall–Kier alpha value is -1.03. The van der Waals surface area contributed by atoms with Gasteiger partial charge in [0.2, 0.25) is 0 Å². The molecule has 1 aromatic carbocycles. The number of aliphatic hydroxyl groups excluding tert-OH is 1. The van der Waals surface area contributed by atoms with Crippen molar-refractivity contribution in [2.75, 3.05) is 0 Å². The molecule has 0 saturated carbocycles. The van der Waals surface area contributed by atoms with Crippen molar-refractivity contribution in [1.82, 2.24) is 0 Å². The number of aryl methyl sites for hydroxylation is 1. The fourth-order valence-electron chi connectivity index (χ4n) is 1.86. The summed E-state index contributed by atoms with van der Waals surface area (Å²) in [5, 5.41) is 9.68. The molecular formula is C14H19F3O. The number of halogens is 3. The van der Waals surface area contributed by atoms with Crippen molar-refractivity contribution in [2.24, 2.45) is 5.92 Å². The van der Waals surface area contributed by atoms with Crippen LogP contribution in [0.3, 0.4) is 0 Å². The van der Waals surface area contributed by atoms with Gasteiger partial charge in [0.25, 0.3) is 0 Å². The van der Waals surface area contributed by atoms with Gasteiger partial charge in [0, 0.05) is 0 Å². The van der Waals surface area contributed by atoms with Gasteiger partial charge in [-0.25, -0.2) is 0 Å². The largest absolute Gasteiger partial charge is 0.416 e. The van der Waals surface area contributed by atoms with E-state index in [9.17, 15) is 18.3 Å². The van der Waals surface area contributed by atoms with E-state index in [1.165, 1.54) is 12.1 Å². The zero-order chi connectivity index (χ0) is 13.8. The first-order valence-electron chi connectivity index (χ1n) is 6.13. The van der Waals surface area contributed by atoms with Crippen LogP contribution in [0.2, 0.25) is 0 Å². The van der Waals surface area contributed by atoms with Crippen molar-refractivity contribution in [1.29, 1.82) is 0 Å². The van der Waals surface area contributed by atoms with Gasteiger partial charge in [-0.15, -0.1) is 0 Å². The van der Waals surface area contributed by atoms with Crippen molar-refractivity contribution in [3.63, 3.8) is 0 Å². The Morgan fingerprint density at radius 2 is 1.67 bits per heavy atom. The summed E-state index contributed by atoms with van der Waals surface area (Å²) in [5.74, 6) is 0.424. The van der Waals surface area contributed by atoms with Gasteiger partial charge < -0.3 is 5.11 Å². The topological polar surface area (TPSA) is 20.2 Å². The monoisotopic (exact) mass is 260 g/mol. The first-order chi connectivity index (χ1) is 8.29. The zero-order valence-corrected chi connectivity index (χ0v) is 10.7. The second-order valence-electron chi connectivity index (χ2n) is 5.02. The minimum Gasteiger partial charge on any atom is -0.393 e. The smallest absolute Gasteiger partial charge is 0.393 e. The van der Waals surface area contributed by atoms with Crippen molar-refractivity contribution < 1.29 is 18.3 Å². The molecule has 1 nitrogen and oxygen atoms in total. The summed E-state index contributed by atoms with van der Waals surface area (Å²) >= 11 is 0. The quantitative estimate of drug-likeness (QED) is 0.847. The van der Waals surface area contributed by atoms with Crippen LogP contribution >= 0.6 is 0 Å². The number of aliphatic hydroxyl groups is 1. The van der Waals surface area contributed by atoms with E-state index >= 15 is 0 Å². The maximum absolute atomic E-state index is 12.3. The van der Waals surface area contributed by atoms with Crippen LogP contribution < -0.4 is 0 Å². The summed E-state index contributed by atoms with van der Waals surface area (Å²) in [6, 6.07) is 5.13. The lowest BCUT2D eigenvalue weighted by molar-refractivity contribution is -0.137. The highest BCUT2D eigenvalue weighted by Gasteiger charge is 2.29. The Bertz CT molecular complexity index is 354. The minimum absolute atomic E-state index is 0.382. The molecule has 0 bridgehead atoms. The predicted octanol–water partition coefficient (Wildman–Crippen LogP) is 4.05. The highest BCUT2D eigenvalue weighted by molar-refractivity contribution is 5.24. The molecule has 0 aliphatic carbocycles. The van der Waals surface area contributed by atoms with E-state index in [0.29, 0.717) is 18.8 Å². The summed E-state index contributed by atoms with van der Waals surface area (Å²) in [5.41, 5.74) is 0.194. The summed E-state index contributed by atoms with van der Waals surface area (Å²) in [6.45, 7) is 4.06. The molecule has 4 heteroatoms. The first kappa shape index (κ1) is 15.0. The number of rotatable bonds is 5. The molecule has 0 radical (unpaired) electrons. The van der Waals surface area contributed by atoms with Crippen LogP contribution in [0.1, 0.15) is 37.8 Å². The van der Waals surface area contributed by atoms with E-state index in [0.717, 1.165) is 24.1 Å². The second-order valence-corrected chi connectivity index (χ2v) is 5.02. The van der Waals surface area contributed by atoms with Gasteiger partial charge >= 0.3 is 6.18 Å². The highest BCUT2D eigenvalue weighted by atomic mass is 19.4. The lowest BCUT2D eigenvalue weighted by Gasteiger charge is -2.13. The van der Waals surface area contributed by atoms with Crippen LogP contribution in [-0.4, -0.2) is 11.2 Å². The third-order valence-electron chi connectivity index (χ3n) is 2.79. The lowest BCUT2D eigenvalue weighted by Crippen LogP contribution is -2.11. The molecule has 0 aliphatic rings. The standard InChI is InChI=1S/C14H19F3O/c1-10(2)9-13(18)8-5-11-3-6-12(7-4-11)14(15,16)17/h3-4,6-7,10,13,18H,5,8-9H2,1-2H3. The summed E-state index contributed by atoms with van der Waals surface area (Å²) in [7, 11) is 0. The molecular weight excluding hydrogens is 241 g/mol. The Kier molecular flexibility index (Phi) is 5.20. The molecule has 1 N–H and O–H groups in total. The average molecular weight is 260 g/mol. The lowest BCUT2D eigenvalue weighted by atomic mass is 9.99. The fourth-order valence-corrected chi connectivity index (χ4v) is 1.86. The Labute approximate surface area is 106 Å². The van der Waals surface area contributed by atoms with Gasteiger partial charge in [0.05, 0.1) is 11.7 Å². The fraction of sp³-hybridized carbons (Fsp3) is 0.571.